The molecule has 334 valence electrons. The third kappa shape index (κ3) is 9.30. The number of thiazole rings is 1. The highest BCUT2D eigenvalue weighted by atomic mass is 32.2. The Morgan fingerprint density at radius 2 is 1.95 bits per heavy atom. The lowest BCUT2D eigenvalue weighted by atomic mass is 9.84. The van der Waals surface area contributed by atoms with E-state index in [2.05, 4.69) is 65.1 Å². The van der Waals surface area contributed by atoms with E-state index in [1.165, 1.54) is 21.2 Å². The molecule has 3 aliphatic heterocycles. The van der Waals surface area contributed by atoms with Crippen LogP contribution in [0.15, 0.2) is 41.9 Å². The van der Waals surface area contributed by atoms with Crippen molar-refractivity contribution < 1.29 is 32.9 Å². The van der Waals surface area contributed by atoms with Gasteiger partial charge in [0.1, 0.15) is 18.1 Å². The molecule has 6 bridgehead atoms. The van der Waals surface area contributed by atoms with Gasteiger partial charge >= 0.3 is 12.0 Å². The summed E-state index contributed by atoms with van der Waals surface area (Å²) in [7, 11) is 3.26. The molecule has 62 heavy (non-hydrogen) atoms. The molecule has 2 fully saturated rings. The maximum atomic E-state index is 14.5. The summed E-state index contributed by atoms with van der Waals surface area (Å²) < 4.78 is 28.0. The molecule has 0 spiro atoms. The van der Waals surface area contributed by atoms with E-state index in [-0.39, 0.29) is 49.0 Å². The monoisotopic (exact) mass is 889 g/mol. The zero-order chi connectivity index (χ0) is 44.5. The molecule has 2 saturated heterocycles. The van der Waals surface area contributed by atoms with Gasteiger partial charge in [0.05, 0.1) is 52.7 Å². The Morgan fingerprint density at radius 3 is 2.66 bits per heavy atom. The number of urea groups is 1. The molecule has 1 aromatic carbocycles. The second-order valence-corrected chi connectivity index (χ2v) is 19.1. The molecule has 0 radical (unpaired) electrons. The van der Waals surface area contributed by atoms with Crippen LogP contribution >= 0.6 is 11.3 Å². The van der Waals surface area contributed by atoms with E-state index in [4.69, 9.17) is 19.4 Å². The van der Waals surface area contributed by atoms with Crippen molar-refractivity contribution >= 4 is 57.9 Å². The van der Waals surface area contributed by atoms with Crippen LogP contribution in [0.2, 0.25) is 0 Å². The van der Waals surface area contributed by atoms with E-state index in [1.807, 2.05) is 32.2 Å². The van der Waals surface area contributed by atoms with Gasteiger partial charge < -0.3 is 29.2 Å². The number of hydrogen-bond donors (Lipinski definition) is 4. The van der Waals surface area contributed by atoms with Gasteiger partial charge in [0.15, 0.2) is 0 Å². The minimum Gasteiger partial charge on any atom is -0.464 e. The van der Waals surface area contributed by atoms with Crippen molar-refractivity contribution in [2.75, 3.05) is 40.4 Å². The molecule has 16 nitrogen and oxygen atoms in total. The highest BCUT2D eigenvalue weighted by molar-refractivity contribution is 7.63. The number of methoxy groups -OCH3 is 1. The number of cyclic esters (lactones) is 1. The molecular weight excluding hydrogens is 831 g/mol. The Morgan fingerprint density at radius 1 is 1.18 bits per heavy atom. The number of fused-ring (bicyclic) bond motifs is 6. The molecule has 0 saturated carbocycles. The first-order valence-electron chi connectivity index (χ1n) is 21.4. The summed E-state index contributed by atoms with van der Waals surface area (Å²) in [5, 5.41) is 8.07. The van der Waals surface area contributed by atoms with Crippen molar-refractivity contribution in [1.82, 2.24) is 44.8 Å². The van der Waals surface area contributed by atoms with E-state index in [1.54, 1.807) is 25.3 Å². The fourth-order valence-corrected chi connectivity index (χ4v) is 10.0. The predicted molar refractivity (Wildman–Crippen MR) is 239 cm³/mol. The second kappa shape index (κ2) is 18.9. The lowest BCUT2D eigenvalue weighted by molar-refractivity contribution is -0.155. The number of likely N-dealkylation sites (N-methyl/N-ethyl adjacent to an activating group) is 1. The van der Waals surface area contributed by atoms with Crippen molar-refractivity contribution in [2.24, 2.45) is 11.3 Å². The van der Waals surface area contributed by atoms with Gasteiger partial charge in [-0.3, -0.25) is 24.4 Å². The average molecular weight is 890 g/mol. The number of carbonyl (C=O) groups excluding carboxylic acids is 4. The van der Waals surface area contributed by atoms with E-state index in [0.717, 1.165) is 44.7 Å². The summed E-state index contributed by atoms with van der Waals surface area (Å²) in [5.41, 5.74) is 9.26. The number of hydrazine groups is 1. The number of nitrogens with one attached hydrogen (secondary N) is 3. The molecule has 4 amide bonds. The number of thiol groups is 1. The van der Waals surface area contributed by atoms with Gasteiger partial charge in [-0.2, -0.15) is 0 Å². The number of carbonyl (C=O) groups is 4. The molecule has 0 unspecified atom stereocenters. The van der Waals surface area contributed by atoms with Gasteiger partial charge in [0.25, 0.3) is 5.91 Å². The topological polar surface area (TPSA) is 180 Å². The van der Waals surface area contributed by atoms with E-state index in [0.29, 0.717) is 50.4 Å². The molecular formula is C44H59N9O7S2. The number of pyridine rings is 1. The minimum absolute atomic E-state index is 0.0818. The molecule has 0 aliphatic carbocycles. The lowest BCUT2D eigenvalue weighted by Gasteiger charge is -2.42. The van der Waals surface area contributed by atoms with Crippen molar-refractivity contribution in [3.8, 4) is 22.5 Å². The predicted octanol–water partition coefficient (Wildman–Crippen LogP) is 4.41. The van der Waals surface area contributed by atoms with Crippen LogP contribution in [0.4, 0.5) is 4.79 Å². The third-order valence-electron chi connectivity index (χ3n) is 12.2. The number of ether oxygens (including phenoxy) is 2. The number of aromatic nitrogens is 3. The first-order chi connectivity index (χ1) is 29.6. The Bertz CT molecular complexity index is 2320. The van der Waals surface area contributed by atoms with Gasteiger partial charge in [0, 0.05) is 85.8 Å². The summed E-state index contributed by atoms with van der Waals surface area (Å²) in [6.45, 7) is 13.9. The van der Waals surface area contributed by atoms with Crippen molar-refractivity contribution in [3.05, 3.63) is 58.2 Å². The first kappa shape index (κ1) is 45.3. The number of likely N-dealkylation sites (tertiary alicyclic amines) is 1. The molecule has 4 aromatic rings. The van der Waals surface area contributed by atoms with Crippen LogP contribution in [0.3, 0.4) is 0 Å². The van der Waals surface area contributed by atoms with Crippen LogP contribution in [0.25, 0.3) is 33.4 Å². The number of nitrogens with zero attached hydrogens (tertiary/aromatic N) is 6. The van der Waals surface area contributed by atoms with Gasteiger partial charge in [-0.1, -0.05) is 33.8 Å². The van der Waals surface area contributed by atoms with Gasteiger partial charge in [-0.25, -0.2) is 24.1 Å². The molecule has 7 rings (SSSR count). The molecule has 18 heteroatoms. The Kier molecular flexibility index (Phi) is 13.8. The van der Waals surface area contributed by atoms with Crippen molar-refractivity contribution in [2.45, 2.75) is 104 Å². The number of hydrogen-bond acceptors (Lipinski definition) is 11. The van der Waals surface area contributed by atoms with Crippen LogP contribution in [0.1, 0.15) is 76.8 Å². The largest absolute Gasteiger partial charge is 0.464 e. The Balaban J connectivity index is 1.28. The van der Waals surface area contributed by atoms with E-state index >= 15 is 0 Å². The number of aryl methyl sites for hydroxylation is 1. The molecule has 6 heterocycles. The van der Waals surface area contributed by atoms with E-state index < -0.39 is 41.3 Å². The molecule has 3 aliphatic rings. The van der Waals surface area contributed by atoms with Crippen molar-refractivity contribution in [1.29, 1.82) is 0 Å². The van der Waals surface area contributed by atoms with Gasteiger partial charge in [0.2, 0.25) is 5.91 Å². The van der Waals surface area contributed by atoms with Gasteiger partial charge in [-0.15, -0.1) is 11.3 Å². The quantitative estimate of drug-likeness (QED) is 0.132. The highest BCUT2D eigenvalue weighted by Gasteiger charge is 2.40. The maximum absolute atomic E-state index is 14.5. The Hall–Kier alpha value is -4.75. The van der Waals surface area contributed by atoms with Crippen LogP contribution in [-0.4, -0.2) is 122 Å². The normalized spacial score (nSPS) is 20.7. The second-order valence-electron chi connectivity index (χ2n) is 17.7. The zero-order valence-electron chi connectivity index (χ0n) is 36.8. The van der Waals surface area contributed by atoms with Gasteiger partial charge in [-0.05, 0) is 68.9 Å². The SMILES string of the molecule is CCn1c(-c2cccnc2[C@H](C)OC)c2c3cc(ccc31)-c1csc(n1)C[C@H](NC(=O)[C@H](C(C)C)N(C)C(=O)N1CC(N[SH]=O)C1)C(=O)N1CCC[C@H](N1)C(=O)OCC(C)(C)C2. The summed E-state index contributed by atoms with van der Waals surface area (Å²) in [6.07, 6.45) is 3.21. The summed E-state index contributed by atoms with van der Waals surface area (Å²) >= 11 is 1.20. The number of rotatable bonds is 10. The first-order valence-corrected chi connectivity index (χ1v) is 23.1. The number of amides is 4. The highest BCUT2D eigenvalue weighted by Crippen LogP contribution is 2.42. The van der Waals surface area contributed by atoms with Crippen LogP contribution in [0.5, 0.6) is 0 Å². The Labute approximate surface area is 370 Å². The molecule has 3 aromatic heterocycles. The van der Waals surface area contributed by atoms with Crippen molar-refractivity contribution in [3.63, 3.8) is 0 Å². The fraction of sp³-hybridized carbons (Fsp3) is 0.545. The standard InChI is InChI=1S/C44H59N9O7S2/c1-9-52-35-15-14-27-18-30(35)31(39(52)29-12-10-16-45-37(29)26(4)59-8)20-44(5,6)24-60-42(56)32-13-11-17-53(48-32)41(55)33(19-36-46-34(27)23-61-36)47-40(54)38(25(2)3)50(7)43(57)51-21-28(22-51)49-62-58/h10,12,14-16,18,23,25-26,28,32-33,38,48,62H,9,11,13,17,19-22,24H2,1-8H3,(H,47,54)(H,49,58)/t26-,32-,33-,38-/m0/s1. The molecule has 4 atom stereocenters. The van der Waals surface area contributed by atoms with Crippen LogP contribution in [-0.2, 0) is 55.1 Å². The van der Waals surface area contributed by atoms with Crippen LogP contribution < -0.4 is 15.5 Å². The summed E-state index contributed by atoms with van der Waals surface area (Å²) in [6, 6.07) is 7.21. The maximum Gasteiger partial charge on any atom is 0.324 e. The fourth-order valence-electron chi connectivity index (χ4n) is 8.88. The zero-order valence-corrected chi connectivity index (χ0v) is 38.5. The minimum atomic E-state index is -1.07. The summed E-state index contributed by atoms with van der Waals surface area (Å²) in [5.74, 6) is -1.66. The third-order valence-corrected chi connectivity index (χ3v) is 13.5. The smallest absolute Gasteiger partial charge is 0.324 e. The van der Waals surface area contributed by atoms with Crippen LogP contribution in [0, 0.1) is 11.3 Å². The number of benzene rings is 1. The number of esters is 1. The van der Waals surface area contributed by atoms with E-state index in [9.17, 15) is 23.4 Å². The lowest BCUT2D eigenvalue weighted by Crippen LogP contribution is -2.65. The summed E-state index contributed by atoms with van der Waals surface area (Å²) in [4.78, 5) is 69.0. The molecule has 3 N–H and O–H groups in total. The average Bonchev–Trinajstić information content (AvgIpc) is 3.84.